The summed E-state index contributed by atoms with van der Waals surface area (Å²) in [5.41, 5.74) is 4.06. The predicted octanol–water partition coefficient (Wildman–Crippen LogP) is 2.73. The molecule has 5 nitrogen and oxygen atoms in total. The van der Waals surface area contributed by atoms with Gasteiger partial charge in [0.2, 0.25) is 0 Å². The van der Waals surface area contributed by atoms with Crippen molar-refractivity contribution >= 4 is 23.7 Å². The number of aryl methyl sites for hydroxylation is 2. The van der Waals surface area contributed by atoms with Crippen molar-refractivity contribution in [2.75, 3.05) is 31.3 Å². The lowest BCUT2D eigenvalue weighted by molar-refractivity contribution is 0.208. The van der Waals surface area contributed by atoms with Gasteiger partial charge in [0.1, 0.15) is 0 Å². The predicted molar refractivity (Wildman–Crippen MR) is 101 cm³/mol. The fourth-order valence-electron chi connectivity index (χ4n) is 2.12. The van der Waals surface area contributed by atoms with E-state index in [4.69, 9.17) is 0 Å². The third kappa shape index (κ3) is 5.94. The van der Waals surface area contributed by atoms with E-state index in [0.717, 1.165) is 22.6 Å². The van der Waals surface area contributed by atoms with Crippen LogP contribution < -0.4 is 4.90 Å². The zero-order valence-electron chi connectivity index (χ0n) is 14.6. The second kappa shape index (κ2) is 8.80. The number of hydrogen-bond acceptors (Lipinski definition) is 6. The minimum Gasteiger partial charge on any atom is -0.390 e. The summed E-state index contributed by atoms with van der Waals surface area (Å²) < 4.78 is 0. The van der Waals surface area contributed by atoms with Crippen LogP contribution in [0.1, 0.15) is 17.0 Å². The first-order valence-corrected chi connectivity index (χ1v) is 8.83. The van der Waals surface area contributed by atoms with Gasteiger partial charge in [0.15, 0.2) is 5.16 Å². The Balaban J connectivity index is 1.80. The number of aliphatic hydroxyl groups is 1. The Labute approximate surface area is 147 Å². The summed E-state index contributed by atoms with van der Waals surface area (Å²) >= 11 is 1.46. The highest BCUT2D eigenvalue weighted by Crippen LogP contribution is 2.15. The fraction of sp³-hybridized carbons (Fsp3) is 0.389. The van der Waals surface area contributed by atoms with E-state index in [1.165, 1.54) is 11.8 Å². The molecule has 1 N–H and O–H groups in total. The number of aliphatic hydroxyl groups excluding tert-OH is 1. The van der Waals surface area contributed by atoms with Gasteiger partial charge in [-0.05, 0) is 37.6 Å². The van der Waals surface area contributed by atoms with Crippen LogP contribution in [0, 0.1) is 13.8 Å². The van der Waals surface area contributed by atoms with E-state index in [9.17, 15) is 5.11 Å². The van der Waals surface area contributed by atoms with Crippen LogP contribution in [-0.4, -0.2) is 53.8 Å². The van der Waals surface area contributed by atoms with Gasteiger partial charge in [-0.3, -0.25) is 4.99 Å². The van der Waals surface area contributed by atoms with Crippen molar-refractivity contribution in [3.8, 4) is 0 Å². The van der Waals surface area contributed by atoms with Crippen molar-refractivity contribution in [2.45, 2.75) is 25.1 Å². The molecular formula is C18H24N4OS. The Morgan fingerprint density at radius 2 is 1.79 bits per heavy atom. The second-order valence-electron chi connectivity index (χ2n) is 5.88. The number of aliphatic imine (C=N–C) groups is 1. The van der Waals surface area contributed by atoms with Crippen molar-refractivity contribution < 1.29 is 5.11 Å². The van der Waals surface area contributed by atoms with E-state index in [2.05, 4.69) is 19.9 Å². The van der Waals surface area contributed by atoms with Crippen molar-refractivity contribution in [2.24, 2.45) is 4.99 Å². The molecule has 0 bridgehead atoms. The maximum atomic E-state index is 10.0. The first-order chi connectivity index (χ1) is 11.4. The van der Waals surface area contributed by atoms with Crippen molar-refractivity contribution in [1.29, 1.82) is 0 Å². The Kier molecular flexibility index (Phi) is 6.75. The molecule has 1 unspecified atom stereocenters. The quantitative estimate of drug-likeness (QED) is 0.475. The van der Waals surface area contributed by atoms with Crippen molar-refractivity contribution in [3.05, 3.63) is 47.3 Å². The SMILES string of the molecule is Cc1cc(C)nc(SCC(O)CN=Cc2ccc(N(C)C)cc2)n1. The highest BCUT2D eigenvalue weighted by Gasteiger charge is 2.06. The highest BCUT2D eigenvalue weighted by atomic mass is 32.2. The molecule has 0 spiro atoms. The average molecular weight is 344 g/mol. The molecule has 0 fully saturated rings. The molecule has 6 heteroatoms. The maximum Gasteiger partial charge on any atom is 0.188 e. The summed E-state index contributed by atoms with van der Waals surface area (Å²) in [6.45, 7) is 4.26. The van der Waals surface area contributed by atoms with Gasteiger partial charge in [-0.25, -0.2) is 9.97 Å². The third-order valence-corrected chi connectivity index (χ3v) is 4.32. The molecule has 1 atom stereocenters. The largest absolute Gasteiger partial charge is 0.390 e. The molecule has 0 amide bonds. The lowest BCUT2D eigenvalue weighted by atomic mass is 10.2. The molecule has 24 heavy (non-hydrogen) atoms. The highest BCUT2D eigenvalue weighted by molar-refractivity contribution is 7.99. The number of hydrogen-bond donors (Lipinski definition) is 1. The average Bonchev–Trinajstić information content (AvgIpc) is 2.52. The summed E-state index contributed by atoms with van der Waals surface area (Å²) in [4.78, 5) is 15.1. The van der Waals surface area contributed by atoms with Crippen LogP contribution in [0.2, 0.25) is 0 Å². The molecule has 0 aliphatic carbocycles. The molecule has 2 aromatic rings. The lowest BCUT2D eigenvalue weighted by Gasteiger charge is -2.11. The van der Waals surface area contributed by atoms with Crippen LogP contribution >= 0.6 is 11.8 Å². The summed E-state index contributed by atoms with van der Waals surface area (Å²) in [7, 11) is 4.02. The molecule has 0 aliphatic heterocycles. The topological polar surface area (TPSA) is 61.6 Å². The van der Waals surface area contributed by atoms with Crippen LogP contribution in [0.25, 0.3) is 0 Å². The van der Waals surface area contributed by atoms with Gasteiger partial charge in [-0.1, -0.05) is 23.9 Å². The Hall–Kier alpha value is -1.92. The van der Waals surface area contributed by atoms with Crippen molar-refractivity contribution in [3.63, 3.8) is 0 Å². The van der Waals surface area contributed by atoms with Gasteiger partial charge in [-0.2, -0.15) is 0 Å². The smallest absolute Gasteiger partial charge is 0.188 e. The van der Waals surface area contributed by atoms with Gasteiger partial charge in [0, 0.05) is 43.1 Å². The normalized spacial score (nSPS) is 12.5. The van der Waals surface area contributed by atoms with Gasteiger partial charge in [0.05, 0.1) is 12.6 Å². The van der Waals surface area contributed by atoms with Crippen LogP contribution in [0.5, 0.6) is 0 Å². The third-order valence-electron chi connectivity index (χ3n) is 3.33. The van der Waals surface area contributed by atoms with E-state index in [-0.39, 0.29) is 0 Å². The van der Waals surface area contributed by atoms with Gasteiger partial charge < -0.3 is 10.0 Å². The minimum absolute atomic E-state index is 0.368. The number of benzene rings is 1. The molecule has 0 saturated carbocycles. The Morgan fingerprint density at radius 1 is 1.17 bits per heavy atom. The van der Waals surface area contributed by atoms with E-state index in [1.807, 2.05) is 58.3 Å². The van der Waals surface area contributed by atoms with Gasteiger partial charge in [0.25, 0.3) is 0 Å². The van der Waals surface area contributed by atoms with Crippen LogP contribution in [0.15, 0.2) is 40.5 Å². The zero-order valence-corrected chi connectivity index (χ0v) is 15.4. The molecule has 0 saturated heterocycles. The summed E-state index contributed by atoms with van der Waals surface area (Å²) in [6, 6.07) is 10.1. The number of anilines is 1. The number of thioether (sulfide) groups is 1. The molecular weight excluding hydrogens is 320 g/mol. The molecule has 1 aromatic heterocycles. The van der Waals surface area contributed by atoms with Crippen LogP contribution in [0.3, 0.4) is 0 Å². The molecule has 1 heterocycles. The zero-order chi connectivity index (χ0) is 17.5. The first kappa shape index (κ1) is 18.4. The van der Waals surface area contributed by atoms with Crippen LogP contribution in [-0.2, 0) is 0 Å². The second-order valence-corrected chi connectivity index (χ2v) is 6.87. The molecule has 0 radical (unpaired) electrons. The number of aromatic nitrogens is 2. The number of rotatable bonds is 7. The lowest BCUT2D eigenvalue weighted by Crippen LogP contribution is -2.14. The number of nitrogens with zero attached hydrogens (tertiary/aromatic N) is 4. The monoisotopic (exact) mass is 344 g/mol. The van der Waals surface area contributed by atoms with E-state index >= 15 is 0 Å². The summed E-state index contributed by atoms with van der Waals surface area (Å²) in [5.74, 6) is 0.528. The van der Waals surface area contributed by atoms with Crippen molar-refractivity contribution in [1.82, 2.24) is 9.97 Å². The summed E-state index contributed by atoms with van der Waals surface area (Å²) in [6.07, 6.45) is 1.28. The molecule has 128 valence electrons. The Morgan fingerprint density at radius 3 is 2.38 bits per heavy atom. The maximum absolute atomic E-state index is 10.0. The molecule has 2 rings (SSSR count). The Bertz CT molecular complexity index is 666. The summed E-state index contributed by atoms with van der Waals surface area (Å²) in [5, 5.41) is 10.8. The fourth-order valence-corrected chi connectivity index (χ4v) is 2.98. The molecule has 1 aromatic carbocycles. The van der Waals surface area contributed by atoms with Crippen LogP contribution in [0.4, 0.5) is 5.69 Å². The van der Waals surface area contributed by atoms with Gasteiger partial charge >= 0.3 is 0 Å². The van der Waals surface area contributed by atoms with E-state index in [1.54, 1.807) is 6.21 Å². The van der Waals surface area contributed by atoms with Gasteiger partial charge in [-0.15, -0.1) is 0 Å². The first-order valence-electron chi connectivity index (χ1n) is 7.84. The van der Waals surface area contributed by atoms with E-state index in [0.29, 0.717) is 17.5 Å². The molecule has 0 aliphatic rings. The minimum atomic E-state index is -0.517. The van der Waals surface area contributed by atoms with E-state index < -0.39 is 6.10 Å². The standard InChI is InChI=1S/C18H24N4OS/c1-13-9-14(2)21-18(20-13)24-12-17(23)11-19-10-15-5-7-16(8-6-15)22(3)4/h5-10,17,23H,11-12H2,1-4H3.